The van der Waals surface area contributed by atoms with Crippen molar-refractivity contribution in [3.63, 3.8) is 0 Å². The van der Waals surface area contributed by atoms with E-state index in [1.165, 1.54) is 12.4 Å². The summed E-state index contributed by atoms with van der Waals surface area (Å²) in [7, 11) is 1.92. The van der Waals surface area contributed by atoms with Gasteiger partial charge >= 0.3 is 0 Å². The summed E-state index contributed by atoms with van der Waals surface area (Å²) >= 11 is 0. The minimum Gasteiger partial charge on any atom is -0.338 e. The number of aryl methyl sites for hydroxylation is 2. The second kappa shape index (κ2) is 4.65. The normalized spacial score (nSPS) is 10.3. The van der Waals surface area contributed by atoms with E-state index in [-0.39, 0.29) is 5.78 Å². The first-order chi connectivity index (χ1) is 7.77. The molecule has 0 fully saturated rings. The number of aromatic nitrogens is 4. The van der Waals surface area contributed by atoms with E-state index in [4.69, 9.17) is 0 Å². The van der Waals surface area contributed by atoms with Gasteiger partial charge in [0, 0.05) is 37.8 Å². The van der Waals surface area contributed by atoms with E-state index >= 15 is 0 Å². The number of nitrogens with zero attached hydrogens (tertiary/aromatic N) is 4. The van der Waals surface area contributed by atoms with Crippen LogP contribution in [-0.4, -0.2) is 25.5 Å². The highest BCUT2D eigenvalue weighted by atomic mass is 16.1. The van der Waals surface area contributed by atoms with Crippen molar-refractivity contribution in [2.75, 3.05) is 0 Å². The summed E-state index contributed by atoms with van der Waals surface area (Å²) in [5.74, 6) is 0.980. The van der Waals surface area contributed by atoms with Gasteiger partial charge in [-0.05, 0) is 6.07 Å². The summed E-state index contributed by atoms with van der Waals surface area (Å²) in [6.07, 6.45) is 7.69. The van der Waals surface area contributed by atoms with E-state index in [9.17, 15) is 4.79 Å². The third-order valence-corrected chi connectivity index (χ3v) is 2.40. The van der Waals surface area contributed by atoms with Crippen molar-refractivity contribution in [1.29, 1.82) is 0 Å². The van der Waals surface area contributed by atoms with Crippen LogP contribution in [0.4, 0.5) is 0 Å². The predicted molar refractivity (Wildman–Crippen MR) is 57.9 cm³/mol. The Kier molecular flexibility index (Phi) is 3.05. The van der Waals surface area contributed by atoms with Gasteiger partial charge in [-0.2, -0.15) is 10.2 Å². The zero-order chi connectivity index (χ0) is 11.4. The molecule has 0 radical (unpaired) electrons. The zero-order valence-corrected chi connectivity index (χ0v) is 9.00. The second-order valence-electron chi connectivity index (χ2n) is 3.51. The van der Waals surface area contributed by atoms with Crippen molar-refractivity contribution in [1.82, 2.24) is 19.7 Å². The van der Waals surface area contributed by atoms with Gasteiger partial charge in [0.1, 0.15) is 5.82 Å². The predicted octanol–water partition coefficient (Wildman–Crippen LogP) is 1.03. The summed E-state index contributed by atoms with van der Waals surface area (Å²) < 4.78 is 1.91. The van der Waals surface area contributed by atoms with E-state index in [1.54, 1.807) is 12.3 Å². The largest absolute Gasteiger partial charge is 0.338 e. The van der Waals surface area contributed by atoms with E-state index in [2.05, 4.69) is 15.2 Å². The summed E-state index contributed by atoms with van der Waals surface area (Å²) in [5, 5.41) is 7.31. The van der Waals surface area contributed by atoms with E-state index in [1.807, 2.05) is 17.8 Å². The highest BCUT2D eigenvalue weighted by Gasteiger charge is 2.07. The first-order valence-corrected chi connectivity index (χ1v) is 5.03. The van der Waals surface area contributed by atoms with E-state index < -0.39 is 0 Å². The fourth-order valence-electron chi connectivity index (χ4n) is 1.46. The molecular weight excluding hydrogens is 204 g/mol. The standard InChI is InChI=1S/C11H12N4O/c1-15-7-6-12-11(15)3-2-10(16)9-4-5-13-14-8-9/h4-8H,2-3H2,1H3. The molecular formula is C11H12N4O. The average molecular weight is 216 g/mol. The molecule has 0 spiro atoms. The van der Waals surface area contributed by atoms with Gasteiger partial charge in [-0.15, -0.1) is 0 Å². The van der Waals surface area contributed by atoms with Crippen molar-refractivity contribution in [3.05, 3.63) is 42.2 Å². The lowest BCUT2D eigenvalue weighted by Crippen LogP contribution is -2.05. The fraction of sp³-hybridized carbons (Fsp3) is 0.273. The second-order valence-corrected chi connectivity index (χ2v) is 3.51. The lowest BCUT2D eigenvalue weighted by Gasteiger charge is -2.01. The zero-order valence-electron chi connectivity index (χ0n) is 9.00. The molecule has 16 heavy (non-hydrogen) atoms. The highest BCUT2D eigenvalue weighted by Crippen LogP contribution is 2.05. The van der Waals surface area contributed by atoms with Crippen LogP contribution in [0.3, 0.4) is 0 Å². The number of ketones is 1. The van der Waals surface area contributed by atoms with Crippen LogP contribution in [0.2, 0.25) is 0 Å². The first-order valence-electron chi connectivity index (χ1n) is 5.03. The molecule has 0 N–H and O–H groups in total. The SMILES string of the molecule is Cn1ccnc1CCC(=O)c1ccnnc1. The third-order valence-electron chi connectivity index (χ3n) is 2.40. The van der Waals surface area contributed by atoms with Gasteiger partial charge in [0.15, 0.2) is 5.78 Å². The fourth-order valence-corrected chi connectivity index (χ4v) is 1.46. The monoisotopic (exact) mass is 216 g/mol. The Hall–Kier alpha value is -2.04. The van der Waals surface area contributed by atoms with Crippen molar-refractivity contribution >= 4 is 5.78 Å². The molecule has 0 aliphatic rings. The molecule has 5 nitrogen and oxygen atoms in total. The number of Topliss-reactive ketones (excluding diaryl/α,β-unsaturated/α-hetero) is 1. The number of rotatable bonds is 4. The molecule has 2 aromatic heterocycles. The number of carbonyl (C=O) groups excluding carboxylic acids is 1. The Balaban J connectivity index is 1.97. The van der Waals surface area contributed by atoms with Gasteiger partial charge in [-0.1, -0.05) is 0 Å². The van der Waals surface area contributed by atoms with Crippen molar-refractivity contribution in [2.24, 2.45) is 7.05 Å². The quantitative estimate of drug-likeness (QED) is 0.716. The number of hydrogen-bond acceptors (Lipinski definition) is 4. The molecule has 0 unspecified atom stereocenters. The van der Waals surface area contributed by atoms with E-state index in [0.717, 1.165) is 5.82 Å². The molecule has 2 aromatic rings. The summed E-state index contributed by atoms with van der Waals surface area (Å²) in [6.45, 7) is 0. The first kappa shape index (κ1) is 10.5. The van der Waals surface area contributed by atoms with Crippen molar-refractivity contribution < 1.29 is 4.79 Å². The Morgan fingerprint density at radius 3 is 2.88 bits per heavy atom. The maximum atomic E-state index is 11.7. The topological polar surface area (TPSA) is 60.7 Å². The van der Waals surface area contributed by atoms with Gasteiger partial charge < -0.3 is 4.57 Å². The Bertz CT molecular complexity index is 478. The molecule has 0 amide bonds. The Morgan fingerprint density at radius 1 is 1.38 bits per heavy atom. The van der Waals surface area contributed by atoms with Crippen molar-refractivity contribution in [3.8, 4) is 0 Å². The van der Waals surface area contributed by atoms with Gasteiger partial charge in [0.05, 0.1) is 12.4 Å². The summed E-state index contributed by atoms with van der Waals surface area (Å²) in [6, 6.07) is 1.67. The summed E-state index contributed by atoms with van der Waals surface area (Å²) in [5.41, 5.74) is 0.601. The Labute approximate surface area is 93.2 Å². The smallest absolute Gasteiger partial charge is 0.164 e. The Morgan fingerprint density at radius 2 is 2.25 bits per heavy atom. The van der Waals surface area contributed by atoms with Crippen LogP contribution in [0.1, 0.15) is 22.6 Å². The minimum absolute atomic E-state index is 0.0675. The van der Waals surface area contributed by atoms with Crippen LogP contribution in [0.25, 0.3) is 0 Å². The molecule has 0 aliphatic carbocycles. The summed E-state index contributed by atoms with van der Waals surface area (Å²) in [4.78, 5) is 15.9. The van der Waals surface area contributed by atoms with Crippen LogP contribution >= 0.6 is 0 Å². The lowest BCUT2D eigenvalue weighted by atomic mass is 10.1. The van der Waals surface area contributed by atoms with Gasteiger partial charge in [0.2, 0.25) is 0 Å². The third kappa shape index (κ3) is 2.31. The molecule has 0 saturated carbocycles. The minimum atomic E-state index is 0.0675. The molecule has 5 heteroatoms. The molecule has 0 aromatic carbocycles. The maximum absolute atomic E-state index is 11.7. The van der Waals surface area contributed by atoms with E-state index in [0.29, 0.717) is 18.4 Å². The molecule has 82 valence electrons. The van der Waals surface area contributed by atoms with Gasteiger partial charge in [-0.25, -0.2) is 4.98 Å². The van der Waals surface area contributed by atoms with Crippen LogP contribution in [0.15, 0.2) is 30.9 Å². The molecule has 0 bridgehead atoms. The van der Waals surface area contributed by atoms with Crippen LogP contribution in [-0.2, 0) is 13.5 Å². The molecule has 0 saturated heterocycles. The maximum Gasteiger partial charge on any atom is 0.164 e. The van der Waals surface area contributed by atoms with Crippen LogP contribution in [0, 0.1) is 0 Å². The molecule has 0 aliphatic heterocycles. The molecule has 2 rings (SSSR count). The van der Waals surface area contributed by atoms with Crippen LogP contribution in [0.5, 0.6) is 0 Å². The highest BCUT2D eigenvalue weighted by molar-refractivity contribution is 5.95. The van der Waals surface area contributed by atoms with Crippen molar-refractivity contribution in [2.45, 2.75) is 12.8 Å². The number of carbonyl (C=O) groups is 1. The average Bonchev–Trinajstić information content (AvgIpc) is 2.73. The number of imidazole rings is 1. The molecule has 2 heterocycles. The van der Waals surface area contributed by atoms with Gasteiger partial charge in [0.25, 0.3) is 0 Å². The van der Waals surface area contributed by atoms with Crippen LogP contribution < -0.4 is 0 Å². The molecule has 0 atom stereocenters. The lowest BCUT2D eigenvalue weighted by molar-refractivity contribution is 0.0981. The number of hydrogen-bond donors (Lipinski definition) is 0. The van der Waals surface area contributed by atoms with Gasteiger partial charge in [-0.3, -0.25) is 4.79 Å².